The standard InChI is InChI=1S/C30H35N5O4/c1-7-30(3,4)31-29(37)28(22-17-16-21(38-5)18-26(22)39-6)35(24-14-10-8-12-20(24)2)27(36)19-34-25-15-11-9-13-23(25)32-33-34/h8-18,28H,7,19H2,1-6H3,(H,31,37)/t28-/m1/s1. The van der Waals surface area contributed by atoms with E-state index in [2.05, 4.69) is 15.6 Å². The average Bonchev–Trinajstić information content (AvgIpc) is 3.34. The van der Waals surface area contributed by atoms with E-state index in [1.807, 2.05) is 76.2 Å². The van der Waals surface area contributed by atoms with Crippen LogP contribution in [0.5, 0.6) is 11.5 Å². The number of ether oxygens (including phenoxy) is 2. The van der Waals surface area contributed by atoms with Crippen molar-refractivity contribution < 1.29 is 19.1 Å². The second kappa shape index (κ2) is 11.6. The van der Waals surface area contributed by atoms with E-state index >= 15 is 0 Å². The summed E-state index contributed by atoms with van der Waals surface area (Å²) in [5.74, 6) is 0.352. The number of carbonyl (C=O) groups excluding carboxylic acids is 2. The van der Waals surface area contributed by atoms with Gasteiger partial charge in [0, 0.05) is 22.9 Å². The van der Waals surface area contributed by atoms with Crippen LogP contribution in [-0.4, -0.2) is 46.6 Å². The summed E-state index contributed by atoms with van der Waals surface area (Å²) >= 11 is 0. The first-order valence-corrected chi connectivity index (χ1v) is 12.9. The highest BCUT2D eigenvalue weighted by Gasteiger charge is 2.37. The molecule has 0 fully saturated rings. The third-order valence-corrected chi connectivity index (χ3v) is 6.94. The lowest BCUT2D eigenvalue weighted by atomic mass is 9.97. The molecule has 0 unspecified atom stereocenters. The van der Waals surface area contributed by atoms with Gasteiger partial charge in [-0.05, 0) is 63.1 Å². The molecule has 0 saturated carbocycles. The van der Waals surface area contributed by atoms with Gasteiger partial charge in [0.05, 0.1) is 19.7 Å². The van der Waals surface area contributed by atoms with E-state index in [0.717, 1.165) is 11.1 Å². The topological polar surface area (TPSA) is 98.6 Å². The summed E-state index contributed by atoms with van der Waals surface area (Å²) in [4.78, 5) is 30.0. The first kappa shape index (κ1) is 27.6. The van der Waals surface area contributed by atoms with Crippen LogP contribution in [0.1, 0.15) is 44.4 Å². The number of aromatic nitrogens is 3. The summed E-state index contributed by atoms with van der Waals surface area (Å²) in [7, 11) is 3.10. The number of carbonyl (C=O) groups is 2. The molecule has 4 aromatic rings. The van der Waals surface area contributed by atoms with Crippen molar-refractivity contribution >= 4 is 28.5 Å². The molecule has 3 aromatic carbocycles. The Bertz CT molecular complexity index is 1480. The minimum Gasteiger partial charge on any atom is -0.497 e. The number of methoxy groups -OCH3 is 2. The Kier molecular flexibility index (Phi) is 8.18. The molecule has 0 aliphatic carbocycles. The number of para-hydroxylation sites is 2. The predicted molar refractivity (Wildman–Crippen MR) is 151 cm³/mol. The maximum atomic E-state index is 14.3. The van der Waals surface area contributed by atoms with Gasteiger partial charge in [-0.2, -0.15) is 0 Å². The van der Waals surface area contributed by atoms with Crippen molar-refractivity contribution in [2.45, 2.75) is 52.2 Å². The number of rotatable bonds is 10. The van der Waals surface area contributed by atoms with Gasteiger partial charge in [-0.3, -0.25) is 14.5 Å². The highest BCUT2D eigenvalue weighted by Crippen LogP contribution is 2.37. The molecule has 39 heavy (non-hydrogen) atoms. The number of nitrogens with zero attached hydrogens (tertiary/aromatic N) is 4. The van der Waals surface area contributed by atoms with Crippen LogP contribution in [-0.2, 0) is 16.1 Å². The maximum absolute atomic E-state index is 14.3. The average molecular weight is 530 g/mol. The quantitative estimate of drug-likeness (QED) is 0.316. The van der Waals surface area contributed by atoms with Crippen molar-refractivity contribution in [1.82, 2.24) is 20.3 Å². The molecule has 4 rings (SSSR count). The third-order valence-electron chi connectivity index (χ3n) is 6.94. The largest absolute Gasteiger partial charge is 0.497 e. The van der Waals surface area contributed by atoms with E-state index in [1.54, 1.807) is 30.0 Å². The Hall–Kier alpha value is -4.40. The van der Waals surface area contributed by atoms with E-state index < -0.39 is 11.6 Å². The Morgan fingerprint density at radius 2 is 1.74 bits per heavy atom. The van der Waals surface area contributed by atoms with E-state index in [9.17, 15) is 9.59 Å². The highest BCUT2D eigenvalue weighted by molar-refractivity contribution is 6.02. The van der Waals surface area contributed by atoms with Crippen molar-refractivity contribution in [3.8, 4) is 11.5 Å². The van der Waals surface area contributed by atoms with Crippen molar-refractivity contribution in [2.75, 3.05) is 19.1 Å². The number of nitrogens with one attached hydrogen (secondary N) is 1. The van der Waals surface area contributed by atoms with E-state index in [4.69, 9.17) is 9.47 Å². The van der Waals surface area contributed by atoms with Gasteiger partial charge in [0.25, 0.3) is 0 Å². The maximum Gasteiger partial charge on any atom is 0.249 e. The van der Waals surface area contributed by atoms with Crippen LogP contribution < -0.4 is 19.7 Å². The molecule has 204 valence electrons. The van der Waals surface area contributed by atoms with Crippen molar-refractivity contribution in [2.24, 2.45) is 0 Å². The second-order valence-electron chi connectivity index (χ2n) is 10.0. The fourth-order valence-electron chi connectivity index (χ4n) is 4.42. The Labute approximate surface area is 228 Å². The molecule has 0 bridgehead atoms. The Morgan fingerprint density at radius 3 is 2.44 bits per heavy atom. The summed E-state index contributed by atoms with van der Waals surface area (Å²) in [5, 5.41) is 11.6. The van der Waals surface area contributed by atoms with Gasteiger partial charge >= 0.3 is 0 Å². The molecule has 2 amide bonds. The second-order valence-corrected chi connectivity index (χ2v) is 10.0. The monoisotopic (exact) mass is 529 g/mol. The molecular formula is C30H35N5O4. The molecule has 1 atom stereocenters. The van der Waals surface area contributed by atoms with Gasteiger partial charge < -0.3 is 14.8 Å². The highest BCUT2D eigenvalue weighted by atomic mass is 16.5. The summed E-state index contributed by atoms with van der Waals surface area (Å²) in [6.07, 6.45) is 0.703. The number of amides is 2. The van der Waals surface area contributed by atoms with Gasteiger partial charge in [-0.25, -0.2) is 4.68 Å². The van der Waals surface area contributed by atoms with Crippen molar-refractivity contribution in [3.63, 3.8) is 0 Å². The molecule has 9 nitrogen and oxygen atoms in total. The molecule has 0 aliphatic rings. The first-order chi connectivity index (χ1) is 18.7. The first-order valence-electron chi connectivity index (χ1n) is 12.9. The zero-order valence-electron chi connectivity index (χ0n) is 23.3. The van der Waals surface area contributed by atoms with E-state index in [1.165, 1.54) is 12.0 Å². The number of benzene rings is 3. The number of fused-ring (bicyclic) bond motifs is 1. The van der Waals surface area contributed by atoms with E-state index in [0.29, 0.717) is 34.7 Å². The van der Waals surface area contributed by atoms with Gasteiger partial charge in [-0.1, -0.05) is 42.5 Å². The van der Waals surface area contributed by atoms with Gasteiger partial charge in [-0.15, -0.1) is 5.10 Å². The van der Waals surface area contributed by atoms with Crippen LogP contribution >= 0.6 is 0 Å². The SMILES string of the molecule is CCC(C)(C)NC(=O)[C@@H](c1ccc(OC)cc1OC)N(C(=O)Cn1nnc2ccccc21)c1ccccc1C. The molecule has 0 radical (unpaired) electrons. The van der Waals surface area contributed by atoms with Crippen molar-refractivity contribution in [1.29, 1.82) is 0 Å². The lowest BCUT2D eigenvalue weighted by Gasteiger charge is -2.35. The minimum atomic E-state index is -1.04. The zero-order valence-corrected chi connectivity index (χ0v) is 23.3. The molecule has 1 heterocycles. The number of anilines is 1. The number of aryl methyl sites for hydroxylation is 1. The molecule has 9 heteroatoms. The molecular weight excluding hydrogens is 494 g/mol. The van der Waals surface area contributed by atoms with Crippen LogP contribution in [0.15, 0.2) is 66.7 Å². The molecule has 0 aliphatic heterocycles. The third kappa shape index (κ3) is 5.87. The van der Waals surface area contributed by atoms with E-state index in [-0.39, 0.29) is 18.4 Å². The molecule has 0 spiro atoms. The minimum absolute atomic E-state index is 0.117. The van der Waals surface area contributed by atoms with Crippen LogP contribution in [0.4, 0.5) is 5.69 Å². The Morgan fingerprint density at radius 1 is 1.03 bits per heavy atom. The normalized spacial score (nSPS) is 12.2. The molecule has 1 N–H and O–H groups in total. The molecule has 1 aromatic heterocycles. The fraction of sp³-hybridized carbons (Fsp3) is 0.333. The molecule has 0 saturated heterocycles. The van der Waals surface area contributed by atoms with Gasteiger partial charge in [0.2, 0.25) is 11.8 Å². The van der Waals surface area contributed by atoms with Gasteiger partial charge in [0.15, 0.2) is 0 Å². The number of hydrogen-bond acceptors (Lipinski definition) is 6. The zero-order chi connectivity index (χ0) is 28.2. The van der Waals surface area contributed by atoms with Crippen LogP contribution in [0, 0.1) is 6.92 Å². The summed E-state index contributed by atoms with van der Waals surface area (Å²) < 4.78 is 12.7. The fourth-order valence-corrected chi connectivity index (χ4v) is 4.42. The summed E-state index contributed by atoms with van der Waals surface area (Å²) in [6.45, 7) is 7.71. The van der Waals surface area contributed by atoms with Crippen molar-refractivity contribution in [3.05, 3.63) is 77.9 Å². The van der Waals surface area contributed by atoms with Crippen LogP contribution in [0.3, 0.4) is 0 Å². The lowest BCUT2D eigenvalue weighted by Crippen LogP contribution is -2.51. The van der Waals surface area contributed by atoms with Crippen LogP contribution in [0.25, 0.3) is 11.0 Å². The lowest BCUT2D eigenvalue weighted by molar-refractivity contribution is -0.128. The summed E-state index contributed by atoms with van der Waals surface area (Å²) in [6, 6.07) is 19.1. The van der Waals surface area contributed by atoms with Gasteiger partial charge in [0.1, 0.15) is 29.6 Å². The predicted octanol–water partition coefficient (Wildman–Crippen LogP) is 4.84. The van der Waals surface area contributed by atoms with Crippen LogP contribution in [0.2, 0.25) is 0 Å². The smallest absolute Gasteiger partial charge is 0.249 e. The number of hydrogen-bond donors (Lipinski definition) is 1. The summed E-state index contributed by atoms with van der Waals surface area (Å²) in [5.41, 5.74) is 2.89. The Balaban J connectivity index is 1.89.